The molecule has 3 aromatic rings. The normalized spacial score (nSPS) is 31.3. The van der Waals surface area contributed by atoms with Gasteiger partial charge in [0.1, 0.15) is 0 Å². The zero-order chi connectivity index (χ0) is 26.3. The third kappa shape index (κ3) is 2.90. The van der Waals surface area contributed by atoms with Gasteiger partial charge in [-0.2, -0.15) is 0 Å². The fourth-order valence-corrected chi connectivity index (χ4v) is 7.42. The molecule has 3 fully saturated rings. The summed E-state index contributed by atoms with van der Waals surface area (Å²) in [4.78, 5) is 58.7. The first-order valence-electron chi connectivity index (χ1n) is 12.4. The van der Waals surface area contributed by atoms with Crippen molar-refractivity contribution in [1.82, 2.24) is 0 Å². The minimum Gasteiger partial charge on any atom is -0.274 e. The number of halogens is 2. The third-order valence-corrected chi connectivity index (χ3v) is 9.10. The highest BCUT2D eigenvalue weighted by Crippen LogP contribution is 2.65. The van der Waals surface area contributed by atoms with Gasteiger partial charge in [-0.1, -0.05) is 65.7 Å². The number of imide groups is 2. The van der Waals surface area contributed by atoms with Crippen LogP contribution in [0.5, 0.6) is 0 Å². The van der Waals surface area contributed by atoms with Gasteiger partial charge in [0.25, 0.3) is 0 Å². The summed E-state index contributed by atoms with van der Waals surface area (Å²) in [7, 11) is 0. The summed E-state index contributed by atoms with van der Waals surface area (Å²) in [5, 5.41) is 0.974. The Labute approximate surface area is 228 Å². The lowest BCUT2D eigenvalue weighted by molar-refractivity contribution is -0.140. The monoisotopic (exact) mass is 542 g/mol. The number of carbonyl (C=O) groups excluding carboxylic acids is 4. The zero-order valence-electron chi connectivity index (χ0n) is 19.8. The van der Waals surface area contributed by atoms with Crippen molar-refractivity contribution in [2.45, 2.75) is 5.41 Å². The summed E-state index contributed by atoms with van der Waals surface area (Å²) in [5.41, 5.74) is 0.421. The lowest BCUT2D eigenvalue weighted by Crippen LogP contribution is -2.60. The Hall–Kier alpha value is -3.74. The number of benzene rings is 3. The number of carbonyl (C=O) groups is 4. The highest BCUT2D eigenvalue weighted by molar-refractivity contribution is 6.31. The van der Waals surface area contributed by atoms with Gasteiger partial charge < -0.3 is 0 Å². The van der Waals surface area contributed by atoms with Crippen LogP contribution in [0.1, 0.15) is 5.56 Å². The molecule has 0 radical (unpaired) electrons. The predicted octanol–water partition coefficient (Wildman–Crippen LogP) is 5.04. The average Bonchev–Trinajstić information content (AvgIpc) is 3.37. The molecule has 3 aliphatic carbocycles. The molecule has 8 rings (SSSR count). The summed E-state index contributed by atoms with van der Waals surface area (Å²) in [5.74, 6) is -5.25. The van der Waals surface area contributed by atoms with Crippen molar-refractivity contribution in [3.63, 3.8) is 0 Å². The molecule has 2 aliphatic heterocycles. The molecule has 2 saturated heterocycles. The number of rotatable bonds is 3. The van der Waals surface area contributed by atoms with Crippen molar-refractivity contribution >= 4 is 58.2 Å². The standard InChI is InChI=1S/C30H20Cl2N2O4/c31-17-6-10-19(11-7-17)33-26(35)22-21-14-15-30(24(22)28(33)37,16-4-2-1-3-5-16)25-23(21)27(36)34(29(25)38)20-12-8-18(32)9-13-20/h1-15,21-25H/t21?,22-,23+,24-,25-,30?/m1/s1. The number of allylic oxidation sites excluding steroid dienone is 2. The maximum atomic E-state index is 14.2. The smallest absolute Gasteiger partial charge is 0.238 e. The predicted molar refractivity (Wildman–Crippen MR) is 143 cm³/mol. The molecule has 5 aliphatic rings. The van der Waals surface area contributed by atoms with E-state index < -0.39 is 35.0 Å². The molecule has 6 atom stereocenters. The number of hydrogen-bond acceptors (Lipinski definition) is 4. The topological polar surface area (TPSA) is 74.8 Å². The minimum atomic E-state index is -1.16. The van der Waals surface area contributed by atoms with E-state index in [-0.39, 0.29) is 23.6 Å². The van der Waals surface area contributed by atoms with Crippen LogP contribution in [0, 0.1) is 29.6 Å². The van der Waals surface area contributed by atoms with Gasteiger partial charge in [0, 0.05) is 21.4 Å². The Kier molecular flexibility index (Phi) is 5.00. The van der Waals surface area contributed by atoms with E-state index in [0.29, 0.717) is 21.4 Å². The summed E-state index contributed by atoms with van der Waals surface area (Å²) < 4.78 is 0. The average molecular weight is 543 g/mol. The highest BCUT2D eigenvalue weighted by atomic mass is 35.5. The van der Waals surface area contributed by atoms with Crippen LogP contribution in [0.3, 0.4) is 0 Å². The Balaban J connectivity index is 1.42. The number of amides is 4. The Morgan fingerprint density at radius 3 is 1.47 bits per heavy atom. The number of hydrogen-bond donors (Lipinski definition) is 0. The Morgan fingerprint density at radius 1 is 0.579 bits per heavy atom. The van der Waals surface area contributed by atoms with Crippen LogP contribution in [-0.4, -0.2) is 23.6 Å². The van der Waals surface area contributed by atoms with Crippen molar-refractivity contribution in [1.29, 1.82) is 0 Å². The molecule has 2 heterocycles. The first-order valence-corrected chi connectivity index (χ1v) is 13.1. The molecular formula is C30H20Cl2N2O4. The summed E-state index contributed by atoms with van der Waals surface area (Å²) in [6.07, 6.45) is 3.78. The van der Waals surface area contributed by atoms with Crippen molar-refractivity contribution in [2.75, 3.05) is 9.80 Å². The first kappa shape index (κ1) is 23.4. The van der Waals surface area contributed by atoms with Gasteiger partial charge in [-0.05, 0) is 54.1 Å². The molecule has 0 N–H and O–H groups in total. The fraction of sp³-hybridized carbons (Fsp3) is 0.200. The van der Waals surface area contributed by atoms with Crippen LogP contribution in [0.15, 0.2) is 91.0 Å². The van der Waals surface area contributed by atoms with Crippen molar-refractivity contribution in [3.05, 3.63) is 107 Å². The van der Waals surface area contributed by atoms with Crippen LogP contribution in [0.4, 0.5) is 11.4 Å². The summed E-state index contributed by atoms with van der Waals surface area (Å²) >= 11 is 12.1. The van der Waals surface area contributed by atoms with Gasteiger partial charge in [-0.3, -0.25) is 19.2 Å². The molecule has 0 aromatic heterocycles. The van der Waals surface area contributed by atoms with E-state index in [1.807, 2.05) is 42.5 Å². The van der Waals surface area contributed by atoms with Gasteiger partial charge in [0.2, 0.25) is 23.6 Å². The molecule has 2 unspecified atom stereocenters. The molecule has 6 nitrogen and oxygen atoms in total. The van der Waals surface area contributed by atoms with Crippen LogP contribution in [0.25, 0.3) is 0 Å². The SMILES string of the molecule is O=C1[C@@H]2C3C=CC(c4ccccc4)([C@H]2C(=O)N1c1ccc(Cl)cc1)[C@H]1C(=O)N(c2ccc(Cl)cc2)C(=O)[C@@H]31. The zero-order valence-corrected chi connectivity index (χ0v) is 21.3. The lowest BCUT2D eigenvalue weighted by atomic mass is 9.45. The second-order valence-electron chi connectivity index (χ2n) is 10.2. The first-order chi connectivity index (χ1) is 18.3. The molecule has 188 valence electrons. The Morgan fingerprint density at radius 2 is 1.03 bits per heavy atom. The molecule has 8 heteroatoms. The van der Waals surface area contributed by atoms with E-state index in [0.717, 1.165) is 5.56 Å². The molecule has 4 amide bonds. The molecule has 0 spiro atoms. The molecule has 2 bridgehead atoms. The van der Waals surface area contributed by atoms with E-state index in [4.69, 9.17) is 23.2 Å². The van der Waals surface area contributed by atoms with E-state index in [2.05, 4.69) is 0 Å². The number of nitrogens with zero attached hydrogens (tertiary/aromatic N) is 2. The molecular weight excluding hydrogens is 523 g/mol. The lowest BCUT2D eigenvalue weighted by Gasteiger charge is -2.53. The van der Waals surface area contributed by atoms with Gasteiger partial charge in [-0.25, -0.2) is 9.80 Å². The van der Waals surface area contributed by atoms with Crippen molar-refractivity contribution < 1.29 is 19.2 Å². The second-order valence-corrected chi connectivity index (χ2v) is 11.1. The van der Waals surface area contributed by atoms with Crippen LogP contribution in [-0.2, 0) is 24.6 Å². The van der Waals surface area contributed by atoms with E-state index in [1.54, 1.807) is 48.5 Å². The highest BCUT2D eigenvalue weighted by Gasteiger charge is 2.75. The maximum Gasteiger partial charge on any atom is 0.238 e. The van der Waals surface area contributed by atoms with Crippen molar-refractivity contribution in [2.24, 2.45) is 29.6 Å². The maximum absolute atomic E-state index is 14.2. The van der Waals surface area contributed by atoms with Crippen LogP contribution >= 0.6 is 23.2 Å². The van der Waals surface area contributed by atoms with Crippen LogP contribution < -0.4 is 9.80 Å². The summed E-state index contributed by atoms with van der Waals surface area (Å²) in [6.45, 7) is 0. The molecule has 1 saturated carbocycles. The minimum absolute atomic E-state index is 0.361. The summed E-state index contributed by atoms with van der Waals surface area (Å²) in [6, 6.07) is 22.4. The van der Waals surface area contributed by atoms with Crippen LogP contribution in [0.2, 0.25) is 10.0 Å². The van der Waals surface area contributed by atoms with Gasteiger partial charge >= 0.3 is 0 Å². The number of anilines is 2. The van der Waals surface area contributed by atoms with Crippen molar-refractivity contribution in [3.8, 4) is 0 Å². The Bertz CT molecular complexity index is 1460. The fourth-order valence-electron chi connectivity index (χ4n) is 7.17. The largest absolute Gasteiger partial charge is 0.274 e. The van der Waals surface area contributed by atoms with Gasteiger partial charge in [0.15, 0.2) is 0 Å². The van der Waals surface area contributed by atoms with Gasteiger partial charge in [-0.15, -0.1) is 0 Å². The van der Waals surface area contributed by atoms with E-state index >= 15 is 0 Å². The second kappa shape index (κ2) is 8.13. The third-order valence-electron chi connectivity index (χ3n) is 8.60. The molecule has 3 aromatic carbocycles. The quantitative estimate of drug-likeness (QED) is 0.343. The van der Waals surface area contributed by atoms with E-state index in [9.17, 15) is 19.2 Å². The molecule has 38 heavy (non-hydrogen) atoms. The van der Waals surface area contributed by atoms with Gasteiger partial charge in [0.05, 0.1) is 35.0 Å². The van der Waals surface area contributed by atoms with E-state index in [1.165, 1.54) is 9.80 Å².